The summed E-state index contributed by atoms with van der Waals surface area (Å²) >= 11 is 0. The summed E-state index contributed by atoms with van der Waals surface area (Å²) in [6, 6.07) is 7.27. The molecular weight excluding hydrogens is 362 g/mol. The van der Waals surface area contributed by atoms with Crippen LogP contribution >= 0.6 is 0 Å². The number of carbonyl (C=O) groups is 1. The summed E-state index contributed by atoms with van der Waals surface area (Å²) < 4.78 is 28.7. The zero-order chi connectivity index (χ0) is 20.0. The highest BCUT2D eigenvalue weighted by Crippen LogP contribution is 2.41. The molecule has 5 nitrogen and oxygen atoms in total. The number of aryl methyl sites for hydroxylation is 3. The Balaban J connectivity index is 1.67. The second-order valence-corrected chi connectivity index (χ2v) is 7.52. The SMILES string of the molecule is Cc1ccc(NC(=O)Cn2nc(C)c3c(C(F)F)cc(C4CC4)nc32)c(C)c1. The number of fused-ring (bicyclic) bond motifs is 1. The lowest BCUT2D eigenvalue weighted by Gasteiger charge is -2.10. The zero-order valence-electron chi connectivity index (χ0n) is 16.1. The predicted octanol–water partition coefficient (Wildman–Crippen LogP) is 4.81. The lowest BCUT2D eigenvalue weighted by molar-refractivity contribution is -0.116. The van der Waals surface area contributed by atoms with Crippen molar-refractivity contribution < 1.29 is 13.6 Å². The Morgan fingerprint density at radius 1 is 1.25 bits per heavy atom. The highest BCUT2D eigenvalue weighted by Gasteiger charge is 2.29. The quantitative estimate of drug-likeness (QED) is 0.687. The van der Waals surface area contributed by atoms with Crippen LogP contribution in [0.25, 0.3) is 11.0 Å². The third-order valence-electron chi connectivity index (χ3n) is 5.11. The normalized spacial score (nSPS) is 14.1. The molecular formula is C21H22F2N4O. The van der Waals surface area contributed by atoms with Gasteiger partial charge >= 0.3 is 0 Å². The number of pyridine rings is 1. The number of nitrogens with one attached hydrogen (secondary N) is 1. The first-order chi connectivity index (χ1) is 13.3. The summed E-state index contributed by atoms with van der Waals surface area (Å²) in [6.07, 6.45) is -0.688. The molecule has 3 aromatic rings. The number of rotatable bonds is 5. The van der Waals surface area contributed by atoms with Gasteiger partial charge in [0.15, 0.2) is 5.65 Å². The molecule has 4 rings (SSSR count). The standard InChI is InChI=1S/C21H22F2N4O/c1-11-4-7-16(12(2)8-11)24-18(28)10-27-21-19(13(3)26-27)15(20(22)23)9-17(25-21)14-5-6-14/h4,7-9,14,20H,5-6,10H2,1-3H3,(H,24,28). The van der Waals surface area contributed by atoms with E-state index >= 15 is 0 Å². The van der Waals surface area contributed by atoms with E-state index in [1.54, 1.807) is 6.92 Å². The molecule has 1 aliphatic carbocycles. The fourth-order valence-electron chi connectivity index (χ4n) is 3.56. The summed E-state index contributed by atoms with van der Waals surface area (Å²) in [4.78, 5) is 17.2. The van der Waals surface area contributed by atoms with Crippen molar-refractivity contribution in [1.82, 2.24) is 14.8 Å². The number of nitrogens with zero attached hydrogens (tertiary/aromatic N) is 3. The molecule has 0 bridgehead atoms. The first-order valence-corrected chi connectivity index (χ1v) is 9.36. The summed E-state index contributed by atoms with van der Waals surface area (Å²) in [5.74, 6) is -0.0387. The van der Waals surface area contributed by atoms with Crippen LogP contribution < -0.4 is 5.32 Å². The van der Waals surface area contributed by atoms with Gasteiger partial charge in [0, 0.05) is 22.9 Å². The Bertz CT molecular complexity index is 1070. The highest BCUT2D eigenvalue weighted by atomic mass is 19.3. The van der Waals surface area contributed by atoms with Crippen molar-refractivity contribution in [2.45, 2.75) is 52.5 Å². The van der Waals surface area contributed by atoms with Gasteiger partial charge in [0.2, 0.25) is 5.91 Å². The average molecular weight is 384 g/mol. The maximum Gasteiger partial charge on any atom is 0.264 e. The van der Waals surface area contributed by atoms with Crippen LogP contribution in [0.1, 0.15) is 53.3 Å². The van der Waals surface area contributed by atoms with Gasteiger partial charge in [-0.1, -0.05) is 17.7 Å². The van der Waals surface area contributed by atoms with Gasteiger partial charge in [-0.15, -0.1) is 0 Å². The van der Waals surface area contributed by atoms with Crippen LogP contribution in [-0.2, 0) is 11.3 Å². The fraction of sp³-hybridized carbons (Fsp3) is 0.381. The molecule has 1 N–H and O–H groups in total. The molecule has 1 amide bonds. The van der Waals surface area contributed by atoms with E-state index < -0.39 is 6.43 Å². The Kier molecular flexibility index (Phi) is 4.61. The monoisotopic (exact) mass is 384 g/mol. The molecule has 0 atom stereocenters. The van der Waals surface area contributed by atoms with Gasteiger partial charge < -0.3 is 5.32 Å². The second-order valence-electron chi connectivity index (χ2n) is 7.52. The lowest BCUT2D eigenvalue weighted by Crippen LogP contribution is -2.20. The van der Waals surface area contributed by atoms with Gasteiger partial charge in [-0.05, 0) is 51.3 Å². The zero-order valence-corrected chi connectivity index (χ0v) is 16.1. The lowest BCUT2D eigenvalue weighted by atomic mass is 10.1. The van der Waals surface area contributed by atoms with Crippen LogP contribution in [0.4, 0.5) is 14.5 Å². The maximum absolute atomic E-state index is 13.6. The molecule has 0 aliphatic heterocycles. The minimum absolute atomic E-state index is 0.0505. The molecule has 1 saturated carbocycles. The van der Waals surface area contributed by atoms with E-state index in [2.05, 4.69) is 15.4 Å². The van der Waals surface area contributed by atoms with Crippen molar-refractivity contribution in [2.24, 2.45) is 0 Å². The highest BCUT2D eigenvalue weighted by molar-refractivity contribution is 5.92. The van der Waals surface area contributed by atoms with Gasteiger partial charge in [-0.2, -0.15) is 5.10 Å². The van der Waals surface area contributed by atoms with E-state index in [1.165, 1.54) is 10.7 Å². The maximum atomic E-state index is 13.6. The van der Waals surface area contributed by atoms with Crippen molar-refractivity contribution in [1.29, 1.82) is 0 Å². The number of hydrogen-bond donors (Lipinski definition) is 1. The first kappa shape index (κ1) is 18.5. The third-order valence-corrected chi connectivity index (χ3v) is 5.11. The van der Waals surface area contributed by atoms with E-state index in [9.17, 15) is 13.6 Å². The molecule has 0 saturated heterocycles. The van der Waals surface area contributed by atoms with Gasteiger partial charge in [-0.3, -0.25) is 4.79 Å². The number of anilines is 1. The Morgan fingerprint density at radius 3 is 2.64 bits per heavy atom. The number of hydrogen-bond acceptors (Lipinski definition) is 3. The van der Waals surface area contributed by atoms with Gasteiger partial charge in [0.25, 0.3) is 6.43 Å². The van der Waals surface area contributed by atoms with E-state index in [4.69, 9.17) is 0 Å². The van der Waals surface area contributed by atoms with Crippen molar-refractivity contribution in [3.63, 3.8) is 0 Å². The van der Waals surface area contributed by atoms with Crippen molar-refractivity contribution >= 4 is 22.6 Å². The molecule has 2 heterocycles. The van der Waals surface area contributed by atoms with Gasteiger partial charge in [0.05, 0.1) is 11.1 Å². The fourth-order valence-corrected chi connectivity index (χ4v) is 3.56. The largest absolute Gasteiger partial charge is 0.324 e. The second kappa shape index (κ2) is 6.96. The molecule has 0 spiro atoms. The first-order valence-electron chi connectivity index (χ1n) is 9.36. The molecule has 2 aromatic heterocycles. The predicted molar refractivity (Wildman–Crippen MR) is 104 cm³/mol. The molecule has 7 heteroatoms. The number of aromatic nitrogens is 3. The van der Waals surface area contributed by atoms with Crippen molar-refractivity contribution in [3.05, 3.63) is 52.3 Å². The number of halogens is 2. The van der Waals surface area contributed by atoms with Gasteiger partial charge in [0.1, 0.15) is 6.54 Å². The molecule has 146 valence electrons. The van der Waals surface area contributed by atoms with E-state index in [0.29, 0.717) is 22.4 Å². The van der Waals surface area contributed by atoms with Crippen LogP contribution in [0.2, 0.25) is 0 Å². The molecule has 0 unspecified atom stereocenters. The van der Waals surface area contributed by atoms with Crippen molar-refractivity contribution in [2.75, 3.05) is 5.32 Å². The Labute approximate surface area is 161 Å². The molecule has 28 heavy (non-hydrogen) atoms. The summed E-state index contributed by atoms with van der Waals surface area (Å²) in [6.45, 7) is 5.50. The molecule has 1 aliphatic rings. The summed E-state index contributed by atoms with van der Waals surface area (Å²) in [7, 11) is 0. The molecule has 1 fully saturated rings. The Hall–Kier alpha value is -2.83. The number of alkyl halides is 2. The number of carbonyl (C=O) groups excluding carboxylic acids is 1. The smallest absolute Gasteiger partial charge is 0.264 e. The van der Waals surface area contributed by atoms with E-state index in [-0.39, 0.29) is 23.9 Å². The minimum Gasteiger partial charge on any atom is -0.324 e. The molecule has 1 aromatic carbocycles. The summed E-state index contributed by atoms with van der Waals surface area (Å²) in [5, 5.41) is 7.55. The Morgan fingerprint density at radius 2 is 2.00 bits per heavy atom. The van der Waals surface area contributed by atoms with E-state index in [1.807, 2.05) is 32.0 Å². The topological polar surface area (TPSA) is 59.8 Å². The van der Waals surface area contributed by atoms with Crippen LogP contribution in [0, 0.1) is 20.8 Å². The van der Waals surface area contributed by atoms with Crippen LogP contribution in [0.5, 0.6) is 0 Å². The van der Waals surface area contributed by atoms with Crippen LogP contribution in [0.3, 0.4) is 0 Å². The third kappa shape index (κ3) is 3.48. The minimum atomic E-state index is -2.61. The van der Waals surface area contributed by atoms with Crippen molar-refractivity contribution in [3.8, 4) is 0 Å². The van der Waals surface area contributed by atoms with Crippen LogP contribution in [-0.4, -0.2) is 20.7 Å². The number of amides is 1. The number of benzene rings is 1. The molecule has 0 radical (unpaired) electrons. The van der Waals surface area contributed by atoms with Crippen LogP contribution in [0.15, 0.2) is 24.3 Å². The van der Waals surface area contributed by atoms with E-state index in [0.717, 1.165) is 29.7 Å². The van der Waals surface area contributed by atoms with Gasteiger partial charge in [-0.25, -0.2) is 18.4 Å². The summed E-state index contributed by atoms with van der Waals surface area (Å²) in [5.41, 5.74) is 4.23. The average Bonchev–Trinajstić information content (AvgIpc) is 3.43.